The lowest BCUT2D eigenvalue weighted by Crippen LogP contribution is -2.50. The van der Waals surface area contributed by atoms with Gasteiger partial charge in [-0.1, -0.05) is 19.8 Å². The van der Waals surface area contributed by atoms with Crippen molar-refractivity contribution in [3.63, 3.8) is 0 Å². The number of hydrogen-bond donors (Lipinski definition) is 2. The molecule has 0 aromatic carbocycles. The largest absolute Gasteiger partial charge is 0.369 e. The van der Waals surface area contributed by atoms with Crippen molar-refractivity contribution in [3.05, 3.63) is 0 Å². The van der Waals surface area contributed by atoms with Crippen LogP contribution < -0.4 is 11.1 Å². The summed E-state index contributed by atoms with van der Waals surface area (Å²) in [6, 6.07) is 0.509. The van der Waals surface area contributed by atoms with Crippen molar-refractivity contribution in [2.75, 3.05) is 26.7 Å². The molecule has 1 heterocycles. The topological polar surface area (TPSA) is 58.4 Å². The molecule has 1 rings (SSSR count). The first-order chi connectivity index (χ1) is 7.65. The van der Waals surface area contributed by atoms with Gasteiger partial charge in [0.05, 0.1) is 6.54 Å². The summed E-state index contributed by atoms with van der Waals surface area (Å²) in [6.07, 6.45) is 5.03. The van der Waals surface area contributed by atoms with Gasteiger partial charge >= 0.3 is 0 Å². The second-order valence-corrected chi connectivity index (χ2v) is 4.89. The smallest absolute Gasteiger partial charge is 0.231 e. The molecule has 0 spiro atoms. The van der Waals surface area contributed by atoms with Crippen LogP contribution in [0.3, 0.4) is 0 Å². The molecule has 0 saturated carbocycles. The fourth-order valence-corrected chi connectivity index (χ4v) is 2.56. The molecule has 1 aliphatic heterocycles. The van der Waals surface area contributed by atoms with Gasteiger partial charge in [0.15, 0.2) is 0 Å². The molecule has 0 aliphatic carbocycles. The number of primary amides is 1. The molecule has 1 fully saturated rings. The number of rotatable bonds is 6. The minimum Gasteiger partial charge on any atom is -0.369 e. The molecule has 1 aliphatic rings. The summed E-state index contributed by atoms with van der Waals surface area (Å²) in [6.45, 7) is 4.60. The van der Waals surface area contributed by atoms with E-state index in [0.717, 1.165) is 13.1 Å². The molecule has 0 bridgehead atoms. The van der Waals surface area contributed by atoms with Crippen LogP contribution in [0, 0.1) is 5.92 Å². The molecule has 4 nitrogen and oxygen atoms in total. The lowest BCUT2D eigenvalue weighted by molar-refractivity contribution is -0.119. The maximum absolute atomic E-state index is 10.9. The number of unbranched alkanes of at least 4 members (excludes halogenated alkanes) is 1. The lowest BCUT2D eigenvalue weighted by Gasteiger charge is -2.37. The average Bonchev–Trinajstić information content (AvgIpc) is 2.25. The number of carbonyl (C=O) groups excluding carboxylic acids is 1. The molecular weight excluding hydrogens is 202 g/mol. The number of likely N-dealkylation sites (N-methyl/N-ethyl adjacent to an activating group) is 1. The van der Waals surface area contributed by atoms with E-state index in [1.165, 1.54) is 25.7 Å². The zero-order chi connectivity index (χ0) is 12.0. The van der Waals surface area contributed by atoms with E-state index in [-0.39, 0.29) is 5.91 Å². The van der Waals surface area contributed by atoms with Crippen molar-refractivity contribution in [3.8, 4) is 0 Å². The summed E-state index contributed by atoms with van der Waals surface area (Å²) in [5, 5.41) is 3.32. The van der Waals surface area contributed by atoms with Crippen molar-refractivity contribution in [2.24, 2.45) is 11.7 Å². The SMILES string of the molecule is CCCCC1CC(NC)CN(CC(N)=O)C1. The highest BCUT2D eigenvalue weighted by molar-refractivity contribution is 5.75. The highest BCUT2D eigenvalue weighted by Gasteiger charge is 2.26. The summed E-state index contributed by atoms with van der Waals surface area (Å²) >= 11 is 0. The number of nitrogens with two attached hydrogens (primary N) is 1. The van der Waals surface area contributed by atoms with Gasteiger partial charge in [0.25, 0.3) is 0 Å². The molecule has 0 radical (unpaired) electrons. The molecule has 16 heavy (non-hydrogen) atoms. The van der Waals surface area contributed by atoms with Crippen LogP contribution in [0.15, 0.2) is 0 Å². The van der Waals surface area contributed by atoms with Crippen molar-refractivity contribution < 1.29 is 4.79 Å². The Morgan fingerprint density at radius 1 is 1.50 bits per heavy atom. The number of piperidine rings is 1. The summed E-state index contributed by atoms with van der Waals surface area (Å²) in [7, 11) is 2.00. The maximum Gasteiger partial charge on any atom is 0.231 e. The monoisotopic (exact) mass is 227 g/mol. The van der Waals surface area contributed by atoms with E-state index in [0.29, 0.717) is 18.5 Å². The molecule has 0 aromatic rings. The van der Waals surface area contributed by atoms with Crippen molar-refractivity contribution in [1.82, 2.24) is 10.2 Å². The number of likely N-dealkylation sites (tertiary alicyclic amines) is 1. The Hall–Kier alpha value is -0.610. The van der Waals surface area contributed by atoms with Crippen LogP contribution in [0.4, 0.5) is 0 Å². The van der Waals surface area contributed by atoms with Gasteiger partial charge < -0.3 is 11.1 Å². The highest BCUT2D eigenvalue weighted by Crippen LogP contribution is 2.21. The zero-order valence-electron chi connectivity index (χ0n) is 10.5. The Bertz CT molecular complexity index is 220. The van der Waals surface area contributed by atoms with Crippen molar-refractivity contribution >= 4 is 5.91 Å². The van der Waals surface area contributed by atoms with Crippen LogP contribution in [0.2, 0.25) is 0 Å². The lowest BCUT2D eigenvalue weighted by atomic mass is 9.90. The van der Waals surface area contributed by atoms with Crippen LogP contribution in [0.5, 0.6) is 0 Å². The molecule has 1 saturated heterocycles. The van der Waals surface area contributed by atoms with Crippen molar-refractivity contribution in [1.29, 1.82) is 0 Å². The standard InChI is InChI=1S/C12H25N3O/c1-3-4-5-10-6-11(14-2)8-15(7-10)9-12(13)16/h10-11,14H,3-9H2,1-2H3,(H2,13,16). The summed E-state index contributed by atoms with van der Waals surface area (Å²) in [5.41, 5.74) is 5.25. The third-order valence-electron chi connectivity index (χ3n) is 3.37. The van der Waals surface area contributed by atoms with Gasteiger partial charge in [0.1, 0.15) is 0 Å². The summed E-state index contributed by atoms with van der Waals surface area (Å²) < 4.78 is 0. The first-order valence-corrected chi connectivity index (χ1v) is 6.33. The van der Waals surface area contributed by atoms with Gasteiger partial charge in [-0.15, -0.1) is 0 Å². The van der Waals surface area contributed by atoms with E-state index in [1.54, 1.807) is 0 Å². The van der Waals surface area contributed by atoms with Gasteiger partial charge in [0, 0.05) is 19.1 Å². The van der Waals surface area contributed by atoms with Crippen LogP contribution in [-0.4, -0.2) is 43.5 Å². The average molecular weight is 227 g/mol. The highest BCUT2D eigenvalue weighted by atomic mass is 16.1. The number of hydrogen-bond acceptors (Lipinski definition) is 3. The first-order valence-electron chi connectivity index (χ1n) is 6.33. The maximum atomic E-state index is 10.9. The van der Waals surface area contributed by atoms with Crippen LogP contribution in [0.1, 0.15) is 32.6 Å². The fourth-order valence-electron chi connectivity index (χ4n) is 2.56. The number of nitrogens with zero attached hydrogens (tertiary/aromatic N) is 1. The van der Waals surface area contributed by atoms with Crippen LogP contribution >= 0.6 is 0 Å². The Kier molecular flexibility index (Phi) is 5.77. The van der Waals surface area contributed by atoms with Gasteiger partial charge in [-0.2, -0.15) is 0 Å². The number of amides is 1. The third kappa shape index (κ3) is 4.49. The molecule has 94 valence electrons. The summed E-state index contributed by atoms with van der Waals surface area (Å²) in [5.74, 6) is 0.497. The third-order valence-corrected chi connectivity index (χ3v) is 3.37. The van der Waals surface area contributed by atoms with E-state index in [9.17, 15) is 4.79 Å². The van der Waals surface area contributed by atoms with E-state index in [1.807, 2.05) is 7.05 Å². The Morgan fingerprint density at radius 3 is 2.81 bits per heavy atom. The van der Waals surface area contributed by atoms with Crippen molar-refractivity contribution in [2.45, 2.75) is 38.6 Å². The van der Waals surface area contributed by atoms with Gasteiger partial charge in [-0.3, -0.25) is 9.69 Å². The van der Waals surface area contributed by atoms with E-state index >= 15 is 0 Å². The van der Waals surface area contributed by atoms with Gasteiger partial charge in [-0.05, 0) is 25.8 Å². The molecule has 2 unspecified atom stereocenters. The van der Waals surface area contributed by atoms with E-state index in [2.05, 4.69) is 17.1 Å². The molecule has 1 amide bonds. The Balaban J connectivity index is 2.43. The molecule has 4 heteroatoms. The molecular formula is C12H25N3O. The molecule has 3 N–H and O–H groups in total. The summed E-state index contributed by atoms with van der Waals surface area (Å²) in [4.78, 5) is 13.1. The predicted molar refractivity (Wildman–Crippen MR) is 66.1 cm³/mol. The Labute approximate surface area is 98.6 Å². The number of carbonyl (C=O) groups is 1. The predicted octanol–water partition coefficient (Wildman–Crippen LogP) is 0.572. The van der Waals surface area contributed by atoms with E-state index in [4.69, 9.17) is 5.73 Å². The minimum absolute atomic E-state index is 0.217. The zero-order valence-corrected chi connectivity index (χ0v) is 10.5. The normalized spacial score (nSPS) is 26.9. The van der Waals surface area contributed by atoms with E-state index < -0.39 is 0 Å². The molecule has 2 atom stereocenters. The fraction of sp³-hybridized carbons (Fsp3) is 0.917. The Morgan fingerprint density at radius 2 is 2.25 bits per heavy atom. The second kappa shape index (κ2) is 6.86. The van der Waals surface area contributed by atoms with Gasteiger partial charge in [-0.25, -0.2) is 0 Å². The van der Waals surface area contributed by atoms with Crippen LogP contribution in [0.25, 0.3) is 0 Å². The number of nitrogens with one attached hydrogen (secondary N) is 1. The second-order valence-electron chi connectivity index (χ2n) is 4.89. The first kappa shape index (κ1) is 13.5. The van der Waals surface area contributed by atoms with Crippen LogP contribution in [-0.2, 0) is 4.79 Å². The molecule has 0 aromatic heterocycles. The van der Waals surface area contributed by atoms with Gasteiger partial charge in [0.2, 0.25) is 5.91 Å². The minimum atomic E-state index is -0.217. The quantitative estimate of drug-likeness (QED) is 0.697.